The highest BCUT2D eigenvalue weighted by atomic mass is 16.3. The number of benzene rings is 1. The number of aryl methyl sites for hydroxylation is 1. The van der Waals surface area contributed by atoms with Crippen LogP contribution in [0.1, 0.15) is 29.9 Å². The van der Waals surface area contributed by atoms with Gasteiger partial charge in [0.1, 0.15) is 5.76 Å². The second kappa shape index (κ2) is 5.69. The Morgan fingerprint density at radius 2 is 1.82 bits per heavy atom. The van der Waals surface area contributed by atoms with E-state index in [-0.39, 0.29) is 6.04 Å². The molecular formula is C15H19NO. The van der Waals surface area contributed by atoms with Gasteiger partial charge in [0.25, 0.3) is 0 Å². The van der Waals surface area contributed by atoms with Crippen molar-refractivity contribution in [2.45, 2.75) is 25.8 Å². The van der Waals surface area contributed by atoms with E-state index in [1.807, 2.05) is 19.2 Å². The molecule has 1 atom stereocenters. The standard InChI is InChI=1S/C15H19NO/c1-3-12-6-8-13(9-7-12)11-14(16-2)15-5-4-10-17-15/h4-10,14,16H,3,11H2,1-2H3. The monoisotopic (exact) mass is 229 g/mol. The van der Waals surface area contributed by atoms with Crippen molar-refractivity contribution in [2.24, 2.45) is 0 Å². The Balaban J connectivity index is 2.07. The van der Waals surface area contributed by atoms with Crippen LogP contribution in [0.3, 0.4) is 0 Å². The van der Waals surface area contributed by atoms with Crippen molar-refractivity contribution in [3.8, 4) is 0 Å². The van der Waals surface area contributed by atoms with E-state index in [1.165, 1.54) is 11.1 Å². The third-order valence-electron chi connectivity index (χ3n) is 3.11. The van der Waals surface area contributed by atoms with Gasteiger partial charge in [0.05, 0.1) is 12.3 Å². The fraction of sp³-hybridized carbons (Fsp3) is 0.333. The van der Waals surface area contributed by atoms with Gasteiger partial charge >= 0.3 is 0 Å². The van der Waals surface area contributed by atoms with Crippen LogP contribution >= 0.6 is 0 Å². The minimum absolute atomic E-state index is 0.248. The number of rotatable bonds is 5. The second-order valence-corrected chi connectivity index (χ2v) is 4.23. The summed E-state index contributed by atoms with van der Waals surface area (Å²) in [4.78, 5) is 0. The summed E-state index contributed by atoms with van der Waals surface area (Å²) in [6.07, 6.45) is 3.77. The van der Waals surface area contributed by atoms with Crippen molar-refractivity contribution in [1.82, 2.24) is 5.32 Å². The van der Waals surface area contributed by atoms with Crippen molar-refractivity contribution in [2.75, 3.05) is 7.05 Å². The van der Waals surface area contributed by atoms with Gasteiger partial charge in [-0.1, -0.05) is 31.2 Å². The molecule has 1 unspecified atom stereocenters. The van der Waals surface area contributed by atoms with Crippen LogP contribution < -0.4 is 5.32 Å². The highest BCUT2D eigenvalue weighted by Crippen LogP contribution is 2.18. The molecule has 0 saturated carbocycles. The van der Waals surface area contributed by atoms with Gasteiger partial charge in [0.2, 0.25) is 0 Å². The average Bonchev–Trinajstić information content (AvgIpc) is 2.90. The average molecular weight is 229 g/mol. The second-order valence-electron chi connectivity index (χ2n) is 4.23. The molecule has 0 bridgehead atoms. The molecule has 0 aliphatic heterocycles. The molecule has 1 aromatic heterocycles. The van der Waals surface area contributed by atoms with E-state index in [1.54, 1.807) is 6.26 Å². The summed E-state index contributed by atoms with van der Waals surface area (Å²) in [7, 11) is 1.97. The molecule has 90 valence electrons. The number of likely N-dealkylation sites (N-methyl/N-ethyl adjacent to an activating group) is 1. The van der Waals surface area contributed by atoms with Gasteiger partial charge in [-0.2, -0.15) is 0 Å². The molecule has 0 saturated heterocycles. The van der Waals surface area contributed by atoms with Gasteiger partial charge in [0, 0.05) is 0 Å². The molecule has 2 aromatic rings. The molecule has 0 amide bonds. The van der Waals surface area contributed by atoms with E-state index in [0.29, 0.717) is 0 Å². The van der Waals surface area contributed by atoms with Gasteiger partial charge in [-0.25, -0.2) is 0 Å². The number of hydrogen-bond acceptors (Lipinski definition) is 2. The van der Waals surface area contributed by atoms with Crippen LogP contribution in [-0.2, 0) is 12.8 Å². The molecule has 1 aromatic carbocycles. The van der Waals surface area contributed by atoms with Crippen LogP contribution in [0.25, 0.3) is 0 Å². The Bertz CT molecular complexity index is 430. The summed E-state index contributed by atoms with van der Waals surface area (Å²) < 4.78 is 5.44. The molecule has 0 fully saturated rings. The molecular weight excluding hydrogens is 210 g/mol. The molecule has 0 aliphatic rings. The van der Waals surface area contributed by atoms with E-state index in [2.05, 4.69) is 36.5 Å². The van der Waals surface area contributed by atoms with Crippen LogP contribution in [0, 0.1) is 0 Å². The first-order valence-electron chi connectivity index (χ1n) is 6.12. The molecule has 1 N–H and O–H groups in total. The Morgan fingerprint density at radius 3 is 2.35 bits per heavy atom. The largest absolute Gasteiger partial charge is 0.468 e. The zero-order chi connectivity index (χ0) is 12.1. The predicted molar refractivity (Wildman–Crippen MR) is 70.0 cm³/mol. The van der Waals surface area contributed by atoms with Gasteiger partial charge in [-0.3, -0.25) is 0 Å². The Morgan fingerprint density at radius 1 is 1.12 bits per heavy atom. The van der Waals surface area contributed by atoms with Crippen molar-refractivity contribution in [1.29, 1.82) is 0 Å². The lowest BCUT2D eigenvalue weighted by Crippen LogP contribution is -2.18. The lowest BCUT2D eigenvalue weighted by Gasteiger charge is -2.13. The SMILES string of the molecule is CCc1ccc(CC(NC)c2ccco2)cc1. The summed E-state index contributed by atoms with van der Waals surface area (Å²) in [5, 5.41) is 3.29. The van der Waals surface area contributed by atoms with Gasteiger partial charge in [0.15, 0.2) is 0 Å². The molecule has 0 radical (unpaired) electrons. The van der Waals surface area contributed by atoms with Crippen molar-refractivity contribution < 1.29 is 4.42 Å². The van der Waals surface area contributed by atoms with Gasteiger partial charge in [-0.05, 0) is 43.1 Å². The van der Waals surface area contributed by atoms with Gasteiger partial charge < -0.3 is 9.73 Å². The smallest absolute Gasteiger partial charge is 0.121 e. The molecule has 0 spiro atoms. The lowest BCUT2D eigenvalue weighted by molar-refractivity contribution is 0.429. The summed E-state index contributed by atoms with van der Waals surface area (Å²) in [5.41, 5.74) is 2.71. The molecule has 17 heavy (non-hydrogen) atoms. The predicted octanol–water partition coefficient (Wildman–Crippen LogP) is 3.35. The Kier molecular flexibility index (Phi) is 3.99. The Labute approximate surface area is 103 Å². The molecule has 2 heteroatoms. The maximum Gasteiger partial charge on any atom is 0.121 e. The highest BCUT2D eigenvalue weighted by molar-refractivity contribution is 5.24. The van der Waals surface area contributed by atoms with E-state index >= 15 is 0 Å². The zero-order valence-electron chi connectivity index (χ0n) is 10.4. The van der Waals surface area contributed by atoms with Crippen LogP contribution in [0.4, 0.5) is 0 Å². The van der Waals surface area contributed by atoms with Crippen LogP contribution in [0.5, 0.6) is 0 Å². The van der Waals surface area contributed by atoms with Crippen molar-refractivity contribution in [3.63, 3.8) is 0 Å². The first-order chi connectivity index (χ1) is 8.33. The molecule has 2 nitrogen and oxygen atoms in total. The zero-order valence-corrected chi connectivity index (χ0v) is 10.4. The summed E-state index contributed by atoms with van der Waals surface area (Å²) >= 11 is 0. The maximum absolute atomic E-state index is 5.44. The number of furan rings is 1. The van der Waals surface area contributed by atoms with Crippen molar-refractivity contribution in [3.05, 3.63) is 59.5 Å². The highest BCUT2D eigenvalue weighted by Gasteiger charge is 2.12. The normalized spacial score (nSPS) is 12.6. The summed E-state index contributed by atoms with van der Waals surface area (Å²) in [5.74, 6) is 0.993. The summed E-state index contributed by atoms with van der Waals surface area (Å²) in [6.45, 7) is 2.17. The molecule has 2 rings (SSSR count). The van der Waals surface area contributed by atoms with E-state index < -0.39 is 0 Å². The molecule has 1 heterocycles. The van der Waals surface area contributed by atoms with Crippen molar-refractivity contribution >= 4 is 0 Å². The quantitative estimate of drug-likeness (QED) is 0.850. The number of nitrogens with one attached hydrogen (secondary N) is 1. The van der Waals surface area contributed by atoms with Crippen LogP contribution in [0.15, 0.2) is 47.1 Å². The topological polar surface area (TPSA) is 25.2 Å². The third kappa shape index (κ3) is 2.98. The van der Waals surface area contributed by atoms with E-state index in [4.69, 9.17) is 4.42 Å². The fourth-order valence-electron chi connectivity index (χ4n) is 1.98. The first-order valence-corrected chi connectivity index (χ1v) is 6.12. The number of hydrogen-bond donors (Lipinski definition) is 1. The van der Waals surface area contributed by atoms with Gasteiger partial charge in [-0.15, -0.1) is 0 Å². The minimum Gasteiger partial charge on any atom is -0.468 e. The van der Waals surface area contributed by atoms with Crippen LogP contribution in [0.2, 0.25) is 0 Å². The minimum atomic E-state index is 0.248. The lowest BCUT2D eigenvalue weighted by atomic mass is 10.0. The molecule has 0 aliphatic carbocycles. The maximum atomic E-state index is 5.44. The van der Waals surface area contributed by atoms with E-state index in [0.717, 1.165) is 18.6 Å². The first kappa shape index (κ1) is 11.9. The third-order valence-corrected chi connectivity index (χ3v) is 3.11. The Hall–Kier alpha value is -1.54. The van der Waals surface area contributed by atoms with Crippen LogP contribution in [-0.4, -0.2) is 7.05 Å². The summed E-state index contributed by atoms with van der Waals surface area (Å²) in [6, 6.07) is 13.0. The fourth-order valence-corrected chi connectivity index (χ4v) is 1.98. The van der Waals surface area contributed by atoms with E-state index in [9.17, 15) is 0 Å².